The molecule has 1 aromatic carbocycles. The SMILES string of the molecule is Cc1cc(S(=O)(=O)Cl)cc(Cl)c1NC(=O)C1CCC(C)O1. The number of anilines is 1. The molecule has 0 bridgehead atoms. The monoisotopic (exact) mass is 351 g/mol. The summed E-state index contributed by atoms with van der Waals surface area (Å²) in [5.74, 6) is -0.286. The minimum Gasteiger partial charge on any atom is -0.365 e. The van der Waals surface area contributed by atoms with Gasteiger partial charge in [0.05, 0.1) is 21.7 Å². The molecule has 1 fully saturated rings. The Labute approximate surface area is 133 Å². The second-order valence-corrected chi connectivity index (χ2v) is 8.01. The first-order valence-corrected chi connectivity index (χ1v) is 9.08. The average molecular weight is 352 g/mol. The number of hydrogen-bond donors (Lipinski definition) is 1. The number of nitrogens with one attached hydrogen (secondary N) is 1. The van der Waals surface area contributed by atoms with Crippen molar-refractivity contribution in [2.75, 3.05) is 5.32 Å². The van der Waals surface area contributed by atoms with Crippen LogP contribution in [-0.2, 0) is 18.6 Å². The molecule has 1 heterocycles. The number of benzene rings is 1. The van der Waals surface area contributed by atoms with Crippen molar-refractivity contribution in [3.05, 3.63) is 22.7 Å². The number of carbonyl (C=O) groups is 1. The van der Waals surface area contributed by atoms with Gasteiger partial charge in [-0.05, 0) is 44.4 Å². The summed E-state index contributed by atoms with van der Waals surface area (Å²) in [6, 6.07) is 2.58. The lowest BCUT2D eigenvalue weighted by Gasteiger charge is -2.15. The van der Waals surface area contributed by atoms with Crippen LogP contribution >= 0.6 is 22.3 Å². The zero-order chi connectivity index (χ0) is 15.8. The van der Waals surface area contributed by atoms with Gasteiger partial charge in [-0.3, -0.25) is 4.79 Å². The molecule has 0 radical (unpaired) electrons. The van der Waals surface area contributed by atoms with E-state index in [9.17, 15) is 13.2 Å². The van der Waals surface area contributed by atoms with Crippen LogP contribution in [0.2, 0.25) is 5.02 Å². The number of ether oxygens (including phenoxy) is 1. The molecule has 1 aromatic rings. The molecule has 5 nitrogen and oxygen atoms in total. The van der Waals surface area contributed by atoms with Crippen LogP contribution in [0, 0.1) is 6.92 Å². The summed E-state index contributed by atoms with van der Waals surface area (Å²) in [5.41, 5.74) is 0.884. The molecule has 1 aliphatic rings. The number of amides is 1. The van der Waals surface area contributed by atoms with Crippen LogP contribution in [-0.4, -0.2) is 26.5 Å². The predicted molar refractivity (Wildman–Crippen MR) is 81.4 cm³/mol. The Balaban J connectivity index is 2.23. The Morgan fingerprint density at radius 2 is 2.05 bits per heavy atom. The van der Waals surface area contributed by atoms with Crippen LogP contribution in [0.5, 0.6) is 0 Å². The molecule has 0 spiro atoms. The highest BCUT2D eigenvalue weighted by Gasteiger charge is 2.29. The van der Waals surface area contributed by atoms with Gasteiger partial charge in [0.2, 0.25) is 0 Å². The van der Waals surface area contributed by atoms with Gasteiger partial charge in [0.15, 0.2) is 0 Å². The number of halogens is 2. The number of rotatable bonds is 3. The van der Waals surface area contributed by atoms with Crippen LogP contribution in [0.3, 0.4) is 0 Å². The van der Waals surface area contributed by atoms with E-state index in [0.717, 1.165) is 6.42 Å². The molecule has 0 aliphatic carbocycles. The maximum absolute atomic E-state index is 12.1. The molecule has 2 atom stereocenters. The van der Waals surface area contributed by atoms with E-state index in [1.54, 1.807) is 6.92 Å². The van der Waals surface area contributed by atoms with Crippen molar-refractivity contribution in [1.29, 1.82) is 0 Å². The molecule has 0 aromatic heterocycles. The average Bonchev–Trinajstić information content (AvgIpc) is 2.79. The van der Waals surface area contributed by atoms with Crippen molar-refractivity contribution in [3.8, 4) is 0 Å². The first kappa shape index (κ1) is 16.5. The Hall–Kier alpha value is -0.820. The quantitative estimate of drug-likeness (QED) is 0.849. The first-order valence-electron chi connectivity index (χ1n) is 6.39. The Morgan fingerprint density at radius 1 is 1.38 bits per heavy atom. The third-order valence-corrected chi connectivity index (χ3v) is 4.95. The first-order chi connectivity index (χ1) is 9.68. The molecule has 1 amide bonds. The minimum absolute atomic E-state index is 0.0566. The van der Waals surface area contributed by atoms with Crippen molar-refractivity contribution >= 4 is 42.9 Å². The van der Waals surface area contributed by atoms with Gasteiger partial charge in [-0.2, -0.15) is 0 Å². The highest BCUT2D eigenvalue weighted by Crippen LogP contribution is 2.31. The van der Waals surface area contributed by atoms with Gasteiger partial charge >= 0.3 is 0 Å². The lowest BCUT2D eigenvalue weighted by Crippen LogP contribution is -2.28. The third kappa shape index (κ3) is 3.88. The standard InChI is InChI=1S/C13H15Cl2NO4S/c1-7-5-9(21(15,18)19)6-10(14)12(7)16-13(17)11-4-3-8(2)20-11/h5-6,8,11H,3-4H2,1-2H3,(H,16,17). The fraction of sp³-hybridized carbons (Fsp3) is 0.462. The van der Waals surface area contributed by atoms with E-state index in [4.69, 9.17) is 27.0 Å². The molecule has 1 N–H and O–H groups in total. The highest BCUT2D eigenvalue weighted by molar-refractivity contribution is 8.13. The van der Waals surface area contributed by atoms with Gasteiger partial charge in [-0.1, -0.05) is 11.6 Å². The normalized spacial score (nSPS) is 22.3. The zero-order valence-corrected chi connectivity index (χ0v) is 13.8. The second kappa shape index (κ2) is 6.12. The maximum atomic E-state index is 12.1. The molecule has 21 heavy (non-hydrogen) atoms. The van der Waals surface area contributed by atoms with E-state index in [-0.39, 0.29) is 21.9 Å². The number of carbonyl (C=O) groups excluding carboxylic acids is 1. The number of hydrogen-bond acceptors (Lipinski definition) is 4. The van der Waals surface area contributed by atoms with Crippen LogP contribution in [0.25, 0.3) is 0 Å². The molecular weight excluding hydrogens is 337 g/mol. The van der Waals surface area contributed by atoms with Crippen molar-refractivity contribution < 1.29 is 17.9 Å². The van der Waals surface area contributed by atoms with Crippen molar-refractivity contribution in [2.24, 2.45) is 0 Å². The summed E-state index contributed by atoms with van der Waals surface area (Å²) in [6.07, 6.45) is 1.03. The summed E-state index contributed by atoms with van der Waals surface area (Å²) in [7, 11) is 1.42. The van der Waals surface area contributed by atoms with E-state index < -0.39 is 15.2 Å². The van der Waals surface area contributed by atoms with Crippen LogP contribution in [0.1, 0.15) is 25.3 Å². The summed E-state index contributed by atoms with van der Waals surface area (Å²) in [5, 5.41) is 2.80. The maximum Gasteiger partial charge on any atom is 0.261 e. The predicted octanol–water partition coefficient (Wildman–Crippen LogP) is 3.08. The Bertz CT molecular complexity index is 652. The topological polar surface area (TPSA) is 72.5 Å². The van der Waals surface area contributed by atoms with Gasteiger partial charge in [0.1, 0.15) is 6.10 Å². The molecule has 116 valence electrons. The molecule has 2 unspecified atom stereocenters. The van der Waals surface area contributed by atoms with E-state index in [0.29, 0.717) is 17.7 Å². The largest absolute Gasteiger partial charge is 0.365 e. The summed E-state index contributed by atoms with van der Waals surface area (Å²) < 4.78 is 28.1. The zero-order valence-electron chi connectivity index (χ0n) is 11.5. The van der Waals surface area contributed by atoms with Crippen LogP contribution in [0.4, 0.5) is 5.69 Å². The van der Waals surface area contributed by atoms with Gasteiger partial charge < -0.3 is 10.1 Å². The molecule has 0 saturated carbocycles. The van der Waals surface area contributed by atoms with Gasteiger partial charge in [-0.15, -0.1) is 0 Å². The fourth-order valence-corrected chi connectivity index (χ4v) is 3.43. The lowest BCUT2D eigenvalue weighted by atomic mass is 10.1. The van der Waals surface area contributed by atoms with Gasteiger partial charge in [0.25, 0.3) is 15.0 Å². The third-order valence-electron chi connectivity index (χ3n) is 3.32. The smallest absolute Gasteiger partial charge is 0.261 e. The minimum atomic E-state index is -3.87. The van der Waals surface area contributed by atoms with E-state index >= 15 is 0 Å². The van der Waals surface area contributed by atoms with E-state index in [2.05, 4.69) is 5.32 Å². The summed E-state index contributed by atoms with van der Waals surface area (Å²) in [4.78, 5) is 12.0. The second-order valence-electron chi connectivity index (χ2n) is 5.04. The van der Waals surface area contributed by atoms with E-state index in [1.807, 2.05) is 6.92 Å². The summed E-state index contributed by atoms with van der Waals surface area (Å²) >= 11 is 6.04. The molecule has 1 saturated heterocycles. The molecule has 8 heteroatoms. The van der Waals surface area contributed by atoms with Crippen molar-refractivity contribution in [1.82, 2.24) is 0 Å². The van der Waals surface area contributed by atoms with Gasteiger partial charge in [-0.25, -0.2) is 8.42 Å². The summed E-state index contributed by atoms with van der Waals surface area (Å²) in [6.45, 7) is 3.55. The Kier molecular flexibility index (Phi) is 4.82. The lowest BCUT2D eigenvalue weighted by molar-refractivity contribution is -0.126. The van der Waals surface area contributed by atoms with Gasteiger partial charge in [0, 0.05) is 10.7 Å². The molecule has 2 rings (SSSR count). The molecular formula is C13H15Cl2NO4S. The van der Waals surface area contributed by atoms with E-state index in [1.165, 1.54) is 12.1 Å². The fourth-order valence-electron chi connectivity index (χ4n) is 2.21. The van der Waals surface area contributed by atoms with Crippen LogP contribution < -0.4 is 5.32 Å². The highest BCUT2D eigenvalue weighted by atomic mass is 35.7. The van der Waals surface area contributed by atoms with Crippen LogP contribution in [0.15, 0.2) is 17.0 Å². The Morgan fingerprint density at radius 3 is 2.52 bits per heavy atom. The van der Waals surface area contributed by atoms with Crippen molar-refractivity contribution in [3.63, 3.8) is 0 Å². The number of aryl methyl sites for hydroxylation is 1. The van der Waals surface area contributed by atoms with Crippen molar-refractivity contribution in [2.45, 2.75) is 43.8 Å². The molecule has 1 aliphatic heterocycles.